The second kappa shape index (κ2) is 4.54. The molecule has 6 rings (SSSR count). The zero-order valence-electron chi connectivity index (χ0n) is 13.2. The molecule has 0 saturated heterocycles. The van der Waals surface area contributed by atoms with Gasteiger partial charge in [-0.2, -0.15) is 0 Å². The summed E-state index contributed by atoms with van der Waals surface area (Å²) in [5, 5.41) is 4.52. The molecule has 3 heteroatoms. The van der Waals surface area contributed by atoms with Crippen LogP contribution in [0.1, 0.15) is 11.1 Å². The second-order valence-electron chi connectivity index (χ2n) is 6.29. The lowest BCUT2D eigenvalue weighted by molar-refractivity contribution is 0.672. The molecule has 0 amide bonds. The number of allylic oxidation sites excluding steroid dienone is 2. The molecule has 3 nitrogen and oxygen atoms in total. The van der Waals surface area contributed by atoms with Crippen LogP contribution in [0.4, 0.5) is 0 Å². The number of benzene rings is 3. The Morgan fingerprint density at radius 2 is 1.40 bits per heavy atom. The molecule has 0 N–H and O–H groups in total. The molecule has 2 aliphatic heterocycles. The molecule has 0 saturated carbocycles. The highest BCUT2D eigenvalue weighted by Gasteiger charge is 2.19. The lowest BCUT2D eigenvalue weighted by Crippen LogP contribution is -1.93. The first-order valence-corrected chi connectivity index (χ1v) is 8.26. The Morgan fingerprint density at radius 3 is 2.12 bits per heavy atom. The van der Waals surface area contributed by atoms with Crippen molar-refractivity contribution in [2.45, 2.75) is 0 Å². The van der Waals surface area contributed by atoms with E-state index < -0.39 is 0 Å². The van der Waals surface area contributed by atoms with Gasteiger partial charge in [0.15, 0.2) is 0 Å². The van der Waals surface area contributed by atoms with Crippen molar-refractivity contribution in [3.63, 3.8) is 0 Å². The third kappa shape index (κ3) is 1.64. The number of fused-ring (bicyclic) bond motifs is 5. The van der Waals surface area contributed by atoms with Gasteiger partial charge in [-0.05, 0) is 29.7 Å². The number of nitrogens with zero attached hydrogens (tertiary/aromatic N) is 2. The number of hydrogen-bond donors (Lipinski definition) is 0. The summed E-state index contributed by atoms with van der Waals surface area (Å²) in [5.74, 6) is 0. The van der Waals surface area contributed by atoms with E-state index in [2.05, 4.69) is 52.5 Å². The highest BCUT2D eigenvalue weighted by atomic mass is 16.3. The standard InChI is InChI=1S/C22H12N2O/c1-2-5-14-13(4-1)16(19-9-11-24-19)12-17-21-15(18-8-10-23-18)6-3-7-20(21)25-22(14)17/h1-12H. The van der Waals surface area contributed by atoms with Crippen LogP contribution in [0.5, 0.6) is 0 Å². The van der Waals surface area contributed by atoms with Crippen molar-refractivity contribution in [2.24, 2.45) is 9.98 Å². The Labute approximate surface area is 143 Å². The van der Waals surface area contributed by atoms with Crippen molar-refractivity contribution in [1.29, 1.82) is 0 Å². The lowest BCUT2D eigenvalue weighted by Gasteiger charge is -2.12. The zero-order valence-corrected chi connectivity index (χ0v) is 13.2. The van der Waals surface area contributed by atoms with Gasteiger partial charge in [0.25, 0.3) is 0 Å². The Bertz CT molecular complexity index is 1330. The van der Waals surface area contributed by atoms with E-state index in [4.69, 9.17) is 4.42 Å². The van der Waals surface area contributed by atoms with E-state index in [9.17, 15) is 0 Å². The first-order chi connectivity index (χ1) is 12.4. The monoisotopic (exact) mass is 320 g/mol. The fraction of sp³-hybridized carbons (Fsp3) is 0. The summed E-state index contributed by atoms with van der Waals surface area (Å²) < 4.78 is 6.27. The van der Waals surface area contributed by atoms with Crippen molar-refractivity contribution in [3.05, 3.63) is 71.8 Å². The average molecular weight is 320 g/mol. The molecule has 1 aromatic heterocycles. The minimum atomic E-state index is 0.892. The minimum Gasteiger partial charge on any atom is -0.455 e. The van der Waals surface area contributed by atoms with Crippen LogP contribution in [0, 0.1) is 0 Å². The normalized spacial score (nSPS) is 15.4. The van der Waals surface area contributed by atoms with E-state index >= 15 is 0 Å². The molecule has 3 aromatic carbocycles. The maximum Gasteiger partial charge on any atom is 0.143 e. The van der Waals surface area contributed by atoms with E-state index in [-0.39, 0.29) is 0 Å². The molecule has 0 spiro atoms. The molecule has 0 fully saturated rings. The second-order valence-corrected chi connectivity index (χ2v) is 6.29. The van der Waals surface area contributed by atoms with E-state index in [0.29, 0.717) is 0 Å². The molecule has 0 radical (unpaired) electrons. The molecular weight excluding hydrogens is 308 g/mol. The summed E-state index contributed by atoms with van der Waals surface area (Å²) >= 11 is 0. The number of hydrogen-bond acceptors (Lipinski definition) is 3. The fourth-order valence-corrected chi connectivity index (χ4v) is 3.69. The van der Waals surface area contributed by atoms with E-state index in [0.717, 1.165) is 49.8 Å². The summed E-state index contributed by atoms with van der Waals surface area (Å²) in [5.41, 5.74) is 6.11. The topological polar surface area (TPSA) is 37.9 Å². The maximum atomic E-state index is 6.27. The molecule has 3 heterocycles. The molecule has 0 aliphatic carbocycles. The van der Waals surface area contributed by atoms with Gasteiger partial charge in [0.1, 0.15) is 11.2 Å². The summed E-state index contributed by atoms with van der Waals surface area (Å²) in [6.45, 7) is 0. The van der Waals surface area contributed by atoms with E-state index in [1.807, 2.05) is 30.6 Å². The quantitative estimate of drug-likeness (QED) is 0.474. The largest absolute Gasteiger partial charge is 0.455 e. The highest BCUT2D eigenvalue weighted by Crippen LogP contribution is 2.41. The lowest BCUT2D eigenvalue weighted by atomic mass is 9.95. The maximum absolute atomic E-state index is 6.27. The minimum absolute atomic E-state index is 0.892. The van der Waals surface area contributed by atoms with Crippen molar-refractivity contribution in [3.8, 4) is 0 Å². The van der Waals surface area contributed by atoms with Gasteiger partial charge in [-0.1, -0.05) is 36.4 Å². The molecule has 2 aliphatic rings. The Morgan fingerprint density at radius 1 is 0.680 bits per heavy atom. The molecule has 4 aromatic rings. The first kappa shape index (κ1) is 12.9. The summed E-state index contributed by atoms with van der Waals surface area (Å²) in [6.07, 6.45) is 7.75. The summed E-state index contributed by atoms with van der Waals surface area (Å²) in [7, 11) is 0. The van der Waals surface area contributed by atoms with Gasteiger partial charge < -0.3 is 4.42 Å². The van der Waals surface area contributed by atoms with Crippen molar-refractivity contribution >= 4 is 56.5 Å². The molecular formula is C22H12N2O. The van der Waals surface area contributed by atoms with Gasteiger partial charge >= 0.3 is 0 Å². The van der Waals surface area contributed by atoms with Crippen LogP contribution < -0.4 is 0 Å². The van der Waals surface area contributed by atoms with Crippen LogP contribution in [0.3, 0.4) is 0 Å². The Balaban J connectivity index is 1.82. The number of furan rings is 1. The predicted molar refractivity (Wildman–Crippen MR) is 104 cm³/mol. The van der Waals surface area contributed by atoms with Gasteiger partial charge in [0.05, 0.1) is 11.4 Å². The van der Waals surface area contributed by atoms with Crippen LogP contribution in [0.25, 0.3) is 44.1 Å². The number of rotatable bonds is 2. The van der Waals surface area contributed by atoms with Crippen molar-refractivity contribution in [1.82, 2.24) is 0 Å². The van der Waals surface area contributed by atoms with Gasteiger partial charge in [-0.25, -0.2) is 0 Å². The number of aliphatic imine (C=N–C) groups is 2. The van der Waals surface area contributed by atoms with E-state index in [1.165, 1.54) is 5.39 Å². The predicted octanol–water partition coefficient (Wildman–Crippen LogP) is 5.59. The SMILES string of the molecule is C1=NC(c2cc3c(oc4cccc(C5=CC=N5)c43)c3ccccc23)=C1. The molecule has 0 atom stereocenters. The fourth-order valence-electron chi connectivity index (χ4n) is 3.69. The molecule has 116 valence electrons. The van der Waals surface area contributed by atoms with Gasteiger partial charge in [0.2, 0.25) is 0 Å². The zero-order chi connectivity index (χ0) is 16.4. The van der Waals surface area contributed by atoms with Gasteiger partial charge in [-0.3, -0.25) is 9.98 Å². The van der Waals surface area contributed by atoms with Gasteiger partial charge in [0, 0.05) is 39.7 Å². The third-order valence-corrected chi connectivity index (χ3v) is 4.95. The van der Waals surface area contributed by atoms with Crippen LogP contribution in [0.15, 0.2) is 75.1 Å². The third-order valence-electron chi connectivity index (χ3n) is 4.95. The van der Waals surface area contributed by atoms with Crippen molar-refractivity contribution in [2.75, 3.05) is 0 Å². The first-order valence-electron chi connectivity index (χ1n) is 8.26. The highest BCUT2D eigenvalue weighted by molar-refractivity contribution is 6.21. The smallest absolute Gasteiger partial charge is 0.143 e. The molecule has 0 unspecified atom stereocenters. The Kier molecular flexibility index (Phi) is 2.35. The van der Waals surface area contributed by atoms with Crippen LogP contribution in [0.2, 0.25) is 0 Å². The molecule has 0 bridgehead atoms. The van der Waals surface area contributed by atoms with Gasteiger partial charge in [-0.15, -0.1) is 0 Å². The van der Waals surface area contributed by atoms with E-state index in [1.54, 1.807) is 0 Å². The summed E-state index contributed by atoms with van der Waals surface area (Å²) in [4.78, 5) is 8.80. The average Bonchev–Trinajstić information content (AvgIpc) is 2.92. The summed E-state index contributed by atoms with van der Waals surface area (Å²) in [6, 6.07) is 16.7. The van der Waals surface area contributed by atoms with Crippen LogP contribution in [-0.2, 0) is 0 Å². The Hall–Kier alpha value is -3.46. The van der Waals surface area contributed by atoms with Crippen molar-refractivity contribution < 1.29 is 4.42 Å². The molecule has 25 heavy (non-hydrogen) atoms. The van der Waals surface area contributed by atoms with Crippen LogP contribution >= 0.6 is 0 Å². The van der Waals surface area contributed by atoms with Crippen LogP contribution in [-0.4, -0.2) is 12.4 Å².